The highest BCUT2D eigenvalue weighted by atomic mass is 35.5. The summed E-state index contributed by atoms with van der Waals surface area (Å²) in [6, 6.07) is 4.41. The van der Waals surface area contributed by atoms with Crippen LogP contribution in [-0.4, -0.2) is 66.2 Å². The van der Waals surface area contributed by atoms with Gasteiger partial charge < -0.3 is 27.0 Å². The van der Waals surface area contributed by atoms with E-state index in [4.69, 9.17) is 23.1 Å². The molecule has 0 spiro atoms. The van der Waals surface area contributed by atoms with Gasteiger partial charge in [0.2, 0.25) is 5.91 Å². The summed E-state index contributed by atoms with van der Waals surface area (Å²) < 4.78 is 13.2. The van der Waals surface area contributed by atoms with Gasteiger partial charge in [-0.2, -0.15) is 0 Å². The molecule has 1 fully saturated rings. The van der Waals surface area contributed by atoms with Crippen molar-refractivity contribution in [3.8, 4) is 0 Å². The fraction of sp³-hybridized carbons (Fsp3) is 0.560. The molecular weight excluding hydrogens is 503 g/mol. The summed E-state index contributed by atoms with van der Waals surface area (Å²) in [5.74, 6) is -2.50. The summed E-state index contributed by atoms with van der Waals surface area (Å²) in [7, 11) is 0. The van der Waals surface area contributed by atoms with Crippen LogP contribution in [0.15, 0.2) is 29.3 Å². The lowest BCUT2D eigenvalue weighted by Crippen LogP contribution is -2.54. The fourth-order valence-corrected chi connectivity index (χ4v) is 4.53. The number of urea groups is 1. The number of likely N-dealkylation sites (tertiary alicyclic amines) is 1. The molecule has 204 valence electrons. The molecule has 3 atom stereocenters. The number of guanidine groups is 1. The summed E-state index contributed by atoms with van der Waals surface area (Å²) in [6.45, 7) is 3.03. The molecule has 1 aliphatic heterocycles. The average molecular weight is 539 g/mol. The Morgan fingerprint density at radius 3 is 2.59 bits per heavy atom. The number of hydrogen-bond donors (Lipinski definition) is 4. The van der Waals surface area contributed by atoms with Crippen molar-refractivity contribution in [1.82, 2.24) is 10.2 Å². The van der Waals surface area contributed by atoms with Crippen molar-refractivity contribution >= 4 is 46.8 Å². The summed E-state index contributed by atoms with van der Waals surface area (Å²) >= 11 is 5.96. The highest BCUT2D eigenvalue weighted by molar-refractivity contribution is 6.30. The van der Waals surface area contributed by atoms with Crippen molar-refractivity contribution in [1.29, 1.82) is 0 Å². The van der Waals surface area contributed by atoms with E-state index in [2.05, 4.69) is 15.6 Å². The van der Waals surface area contributed by atoms with Crippen molar-refractivity contribution < 1.29 is 23.6 Å². The molecule has 37 heavy (non-hydrogen) atoms. The predicted octanol–water partition coefficient (Wildman–Crippen LogP) is 2.64. The van der Waals surface area contributed by atoms with Gasteiger partial charge in [0.25, 0.3) is 0 Å². The smallest absolute Gasteiger partial charge is 0.319 e. The number of alkyl halides is 1. The van der Waals surface area contributed by atoms with Gasteiger partial charge in [-0.3, -0.25) is 19.4 Å². The van der Waals surface area contributed by atoms with Gasteiger partial charge in [0.1, 0.15) is 12.7 Å². The normalized spacial score (nSPS) is 16.7. The Hall–Kier alpha value is -3.21. The zero-order chi connectivity index (χ0) is 27.5. The Kier molecular flexibility index (Phi) is 11.8. The first-order valence-corrected chi connectivity index (χ1v) is 12.7. The average Bonchev–Trinajstić information content (AvgIpc) is 3.33. The summed E-state index contributed by atoms with van der Waals surface area (Å²) in [4.78, 5) is 56.7. The standard InChI is InChI=1S/C25H36ClFN6O4/c1-15(2)22(32-25(37)31-18-8-3-7-17(26)13-18)23(36)33-11-5-9-19(33)20(34)12-16(21(35)14-27)6-4-10-30-24(28)29/h3,7-8,13,15-16,19,22H,4-6,9-12,14H2,1-2H3,(H4,28,29,30)(H2,31,32,37)/t16-,19-,22-/m0/s1. The van der Waals surface area contributed by atoms with Gasteiger partial charge in [-0.25, -0.2) is 9.18 Å². The summed E-state index contributed by atoms with van der Waals surface area (Å²) in [5, 5.41) is 5.81. The lowest BCUT2D eigenvalue weighted by atomic mass is 9.90. The Bertz CT molecular complexity index is 1000. The third-order valence-electron chi connectivity index (χ3n) is 6.25. The zero-order valence-electron chi connectivity index (χ0n) is 21.2. The molecule has 0 radical (unpaired) electrons. The van der Waals surface area contributed by atoms with Crippen LogP contribution in [0.4, 0.5) is 14.9 Å². The number of aliphatic imine (C=N–C) groups is 1. The van der Waals surface area contributed by atoms with E-state index in [-0.39, 0.29) is 43.0 Å². The van der Waals surface area contributed by atoms with E-state index < -0.39 is 36.5 Å². The van der Waals surface area contributed by atoms with Crippen LogP contribution in [0.3, 0.4) is 0 Å². The number of benzene rings is 1. The second-order valence-corrected chi connectivity index (χ2v) is 9.87. The molecule has 1 aliphatic rings. The van der Waals surface area contributed by atoms with Gasteiger partial charge in [-0.05, 0) is 49.8 Å². The second-order valence-electron chi connectivity index (χ2n) is 9.44. The highest BCUT2D eigenvalue weighted by Gasteiger charge is 2.39. The molecule has 12 heteroatoms. The minimum absolute atomic E-state index is 0.0841. The number of rotatable bonds is 13. The topological polar surface area (TPSA) is 160 Å². The van der Waals surface area contributed by atoms with Gasteiger partial charge in [0, 0.05) is 36.1 Å². The van der Waals surface area contributed by atoms with Crippen LogP contribution < -0.4 is 22.1 Å². The maximum Gasteiger partial charge on any atom is 0.319 e. The molecule has 1 aromatic rings. The number of carbonyl (C=O) groups excluding carboxylic acids is 4. The molecule has 0 unspecified atom stereocenters. The van der Waals surface area contributed by atoms with Crippen LogP contribution in [0.5, 0.6) is 0 Å². The summed E-state index contributed by atoms with van der Waals surface area (Å²) in [5.41, 5.74) is 11.1. The number of nitrogens with zero attached hydrogens (tertiary/aromatic N) is 2. The van der Waals surface area contributed by atoms with E-state index in [1.807, 2.05) is 0 Å². The van der Waals surface area contributed by atoms with Crippen LogP contribution >= 0.6 is 11.6 Å². The molecule has 0 saturated carbocycles. The zero-order valence-corrected chi connectivity index (χ0v) is 22.0. The third kappa shape index (κ3) is 9.31. The number of amides is 3. The molecular formula is C25H36ClFN6O4. The third-order valence-corrected chi connectivity index (χ3v) is 6.48. The van der Waals surface area contributed by atoms with E-state index in [1.165, 1.54) is 4.90 Å². The number of hydrogen-bond acceptors (Lipinski definition) is 5. The number of anilines is 1. The van der Waals surface area contributed by atoms with E-state index in [9.17, 15) is 23.6 Å². The molecule has 0 aliphatic carbocycles. The largest absolute Gasteiger partial charge is 0.370 e. The van der Waals surface area contributed by atoms with Gasteiger partial charge >= 0.3 is 6.03 Å². The number of Topliss-reactive ketones (excluding diaryl/α,β-unsaturated/α-hetero) is 2. The van der Waals surface area contributed by atoms with Crippen molar-refractivity contribution in [3.63, 3.8) is 0 Å². The lowest BCUT2D eigenvalue weighted by molar-refractivity contribution is -0.140. The Balaban J connectivity index is 2.06. The van der Waals surface area contributed by atoms with Crippen molar-refractivity contribution in [3.05, 3.63) is 29.3 Å². The minimum Gasteiger partial charge on any atom is -0.370 e. The Morgan fingerprint density at radius 1 is 1.24 bits per heavy atom. The lowest BCUT2D eigenvalue weighted by Gasteiger charge is -2.31. The van der Waals surface area contributed by atoms with E-state index >= 15 is 0 Å². The van der Waals surface area contributed by atoms with E-state index in [1.54, 1.807) is 38.1 Å². The van der Waals surface area contributed by atoms with Crippen LogP contribution in [0, 0.1) is 11.8 Å². The van der Waals surface area contributed by atoms with Gasteiger partial charge in [0.15, 0.2) is 17.5 Å². The molecule has 2 rings (SSSR count). The monoisotopic (exact) mass is 538 g/mol. The van der Waals surface area contributed by atoms with Crippen LogP contribution in [0.2, 0.25) is 5.02 Å². The summed E-state index contributed by atoms with van der Waals surface area (Å²) in [6.07, 6.45) is 1.54. The molecule has 1 heterocycles. The Morgan fingerprint density at radius 2 is 1.97 bits per heavy atom. The molecule has 1 saturated heterocycles. The SMILES string of the molecule is CC(C)[C@H](NC(=O)Nc1cccc(Cl)c1)C(=O)N1CCC[C@H]1C(=O)C[C@H](CCCN=C(N)N)C(=O)CF. The predicted molar refractivity (Wildman–Crippen MR) is 141 cm³/mol. The maximum absolute atomic E-state index is 13.4. The van der Waals surface area contributed by atoms with Gasteiger partial charge in [0.05, 0.1) is 6.04 Å². The molecule has 0 aromatic heterocycles. The number of halogens is 2. The Labute approximate surface area is 221 Å². The fourth-order valence-electron chi connectivity index (χ4n) is 4.34. The number of carbonyl (C=O) groups is 4. The molecule has 10 nitrogen and oxygen atoms in total. The van der Waals surface area contributed by atoms with Crippen molar-refractivity contribution in [2.75, 3.05) is 25.1 Å². The van der Waals surface area contributed by atoms with Crippen LogP contribution in [0.1, 0.15) is 46.0 Å². The van der Waals surface area contributed by atoms with E-state index in [0.29, 0.717) is 36.5 Å². The second kappa shape index (κ2) is 14.5. The number of ketones is 2. The molecule has 1 aromatic carbocycles. The van der Waals surface area contributed by atoms with Gasteiger partial charge in [-0.15, -0.1) is 0 Å². The van der Waals surface area contributed by atoms with Crippen LogP contribution in [0.25, 0.3) is 0 Å². The number of nitrogens with two attached hydrogens (primary N) is 2. The first kappa shape index (κ1) is 30.0. The molecule has 0 bridgehead atoms. The van der Waals surface area contributed by atoms with E-state index in [0.717, 1.165) is 0 Å². The molecule has 6 N–H and O–H groups in total. The van der Waals surface area contributed by atoms with Crippen molar-refractivity contribution in [2.24, 2.45) is 28.3 Å². The van der Waals surface area contributed by atoms with Gasteiger partial charge in [-0.1, -0.05) is 31.5 Å². The molecule has 3 amide bonds. The minimum atomic E-state index is -1.17. The first-order valence-electron chi connectivity index (χ1n) is 12.3. The van der Waals surface area contributed by atoms with Crippen molar-refractivity contribution in [2.45, 2.75) is 58.0 Å². The maximum atomic E-state index is 13.4. The van der Waals surface area contributed by atoms with Crippen LogP contribution in [-0.2, 0) is 14.4 Å². The first-order chi connectivity index (χ1) is 17.5. The number of nitrogens with one attached hydrogen (secondary N) is 2. The quantitative estimate of drug-likeness (QED) is 0.171. The highest BCUT2D eigenvalue weighted by Crippen LogP contribution is 2.25.